The summed E-state index contributed by atoms with van der Waals surface area (Å²) in [6.45, 7) is 6.58. The lowest BCUT2D eigenvalue weighted by Crippen LogP contribution is -2.30. The quantitative estimate of drug-likeness (QED) is 0.478. The van der Waals surface area contributed by atoms with E-state index in [1.165, 1.54) is 44.1 Å². The van der Waals surface area contributed by atoms with Gasteiger partial charge >= 0.3 is 0 Å². The van der Waals surface area contributed by atoms with Gasteiger partial charge in [-0.3, -0.25) is 0 Å². The molecule has 0 amide bonds. The van der Waals surface area contributed by atoms with E-state index in [4.69, 9.17) is 0 Å². The van der Waals surface area contributed by atoms with Gasteiger partial charge in [0.05, 0.1) is 0 Å². The van der Waals surface area contributed by atoms with Crippen LogP contribution in [0.3, 0.4) is 0 Å². The van der Waals surface area contributed by atoms with E-state index < -0.39 is 0 Å². The van der Waals surface area contributed by atoms with Crippen molar-refractivity contribution >= 4 is 0 Å². The number of allylic oxidation sites excluding steroid dienone is 1. The van der Waals surface area contributed by atoms with Crippen LogP contribution in [0.1, 0.15) is 45.4 Å². The molecule has 2 aliphatic carbocycles. The standard InChI is InChI=1S/C12H20/c1-9-7-10(2)12-6-4-3-5-11(12)8-9/h10-12H,1,3-8H2,2H3. The average molecular weight is 164 g/mol. The summed E-state index contributed by atoms with van der Waals surface area (Å²) in [7, 11) is 0. The van der Waals surface area contributed by atoms with Crippen molar-refractivity contribution in [3.05, 3.63) is 12.2 Å². The fraction of sp³-hybridized carbons (Fsp3) is 0.833. The Hall–Kier alpha value is -0.260. The number of hydrogen-bond donors (Lipinski definition) is 0. The van der Waals surface area contributed by atoms with Crippen LogP contribution in [0.15, 0.2) is 12.2 Å². The van der Waals surface area contributed by atoms with Gasteiger partial charge in [0.2, 0.25) is 0 Å². The molecule has 0 aliphatic heterocycles. The van der Waals surface area contributed by atoms with Crippen molar-refractivity contribution in [2.45, 2.75) is 45.4 Å². The first-order chi connectivity index (χ1) is 5.77. The second-order valence-electron chi connectivity index (χ2n) is 4.84. The van der Waals surface area contributed by atoms with E-state index in [1.807, 2.05) is 0 Å². The average Bonchev–Trinajstić information content (AvgIpc) is 2.04. The van der Waals surface area contributed by atoms with Crippen molar-refractivity contribution in [2.75, 3.05) is 0 Å². The third kappa shape index (κ3) is 1.44. The van der Waals surface area contributed by atoms with Crippen LogP contribution in [-0.2, 0) is 0 Å². The summed E-state index contributed by atoms with van der Waals surface area (Å²) in [5.74, 6) is 2.98. The van der Waals surface area contributed by atoms with Gasteiger partial charge in [-0.2, -0.15) is 0 Å². The predicted octanol–water partition coefficient (Wildman–Crippen LogP) is 3.78. The molecule has 12 heavy (non-hydrogen) atoms. The molecule has 2 fully saturated rings. The van der Waals surface area contributed by atoms with E-state index in [0.29, 0.717) is 0 Å². The van der Waals surface area contributed by atoms with Crippen LogP contribution < -0.4 is 0 Å². The molecule has 0 heterocycles. The minimum Gasteiger partial charge on any atom is -0.0998 e. The molecule has 2 rings (SSSR count). The monoisotopic (exact) mass is 164 g/mol. The van der Waals surface area contributed by atoms with Gasteiger partial charge in [0, 0.05) is 0 Å². The summed E-state index contributed by atoms with van der Waals surface area (Å²) in [4.78, 5) is 0. The summed E-state index contributed by atoms with van der Waals surface area (Å²) < 4.78 is 0. The molecule has 0 N–H and O–H groups in total. The molecule has 68 valence electrons. The Morgan fingerprint density at radius 3 is 2.75 bits per heavy atom. The van der Waals surface area contributed by atoms with E-state index in [-0.39, 0.29) is 0 Å². The zero-order chi connectivity index (χ0) is 8.55. The summed E-state index contributed by atoms with van der Waals surface area (Å²) in [6.07, 6.45) is 8.59. The third-order valence-corrected chi connectivity index (χ3v) is 3.86. The van der Waals surface area contributed by atoms with Crippen molar-refractivity contribution in [2.24, 2.45) is 17.8 Å². The fourth-order valence-corrected chi connectivity index (χ4v) is 3.30. The number of rotatable bonds is 0. The number of hydrogen-bond acceptors (Lipinski definition) is 0. The Bertz CT molecular complexity index is 180. The SMILES string of the molecule is C=C1CC(C)C2CCCCC2C1. The second kappa shape index (κ2) is 3.24. The smallest absolute Gasteiger partial charge is 0.0292 e. The zero-order valence-corrected chi connectivity index (χ0v) is 8.18. The maximum atomic E-state index is 4.16. The molecule has 0 spiro atoms. The van der Waals surface area contributed by atoms with Gasteiger partial charge in [-0.05, 0) is 43.4 Å². The molecule has 3 unspecified atom stereocenters. The van der Waals surface area contributed by atoms with Crippen LogP contribution in [-0.4, -0.2) is 0 Å². The van der Waals surface area contributed by atoms with Gasteiger partial charge in [0.1, 0.15) is 0 Å². The fourth-order valence-electron chi connectivity index (χ4n) is 3.30. The highest BCUT2D eigenvalue weighted by Gasteiger charge is 2.33. The minimum atomic E-state index is 0.927. The second-order valence-corrected chi connectivity index (χ2v) is 4.84. The van der Waals surface area contributed by atoms with Crippen molar-refractivity contribution in [3.8, 4) is 0 Å². The van der Waals surface area contributed by atoms with Gasteiger partial charge in [-0.15, -0.1) is 0 Å². The van der Waals surface area contributed by atoms with Crippen LogP contribution in [0, 0.1) is 17.8 Å². The lowest BCUT2D eigenvalue weighted by Gasteiger charge is -2.40. The van der Waals surface area contributed by atoms with Crippen LogP contribution in [0.4, 0.5) is 0 Å². The molecule has 2 saturated carbocycles. The summed E-state index contributed by atoms with van der Waals surface area (Å²) >= 11 is 0. The molecule has 2 aliphatic rings. The first kappa shape index (κ1) is 8.34. The Morgan fingerprint density at radius 1 is 1.17 bits per heavy atom. The highest BCUT2D eigenvalue weighted by atomic mass is 14.4. The Morgan fingerprint density at radius 2 is 1.92 bits per heavy atom. The van der Waals surface area contributed by atoms with E-state index in [9.17, 15) is 0 Å². The first-order valence-corrected chi connectivity index (χ1v) is 5.44. The Labute approximate surface area is 76.1 Å². The molecule has 0 heteroatoms. The topological polar surface area (TPSA) is 0 Å². The highest BCUT2D eigenvalue weighted by Crippen LogP contribution is 2.44. The van der Waals surface area contributed by atoms with Crippen LogP contribution in [0.2, 0.25) is 0 Å². The largest absolute Gasteiger partial charge is 0.0998 e. The van der Waals surface area contributed by atoms with Crippen molar-refractivity contribution in [1.82, 2.24) is 0 Å². The normalized spacial score (nSPS) is 42.4. The zero-order valence-electron chi connectivity index (χ0n) is 8.18. The summed E-state index contributed by atoms with van der Waals surface area (Å²) in [5.41, 5.74) is 1.52. The van der Waals surface area contributed by atoms with Gasteiger partial charge in [0.25, 0.3) is 0 Å². The molecule has 0 bridgehead atoms. The summed E-state index contributed by atoms with van der Waals surface area (Å²) in [6, 6.07) is 0. The molecule has 0 aromatic carbocycles. The van der Waals surface area contributed by atoms with Gasteiger partial charge in [-0.25, -0.2) is 0 Å². The molecular formula is C12H20. The summed E-state index contributed by atoms with van der Waals surface area (Å²) in [5, 5.41) is 0. The van der Waals surface area contributed by atoms with Crippen LogP contribution in [0.5, 0.6) is 0 Å². The first-order valence-electron chi connectivity index (χ1n) is 5.44. The maximum Gasteiger partial charge on any atom is -0.0292 e. The molecular weight excluding hydrogens is 144 g/mol. The molecule has 0 saturated heterocycles. The van der Waals surface area contributed by atoms with E-state index in [2.05, 4.69) is 13.5 Å². The Balaban J connectivity index is 2.06. The lowest BCUT2D eigenvalue weighted by atomic mass is 9.65. The van der Waals surface area contributed by atoms with E-state index >= 15 is 0 Å². The van der Waals surface area contributed by atoms with Crippen molar-refractivity contribution in [1.29, 1.82) is 0 Å². The highest BCUT2D eigenvalue weighted by molar-refractivity contribution is 5.04. The number of fused-ring (bicyclic) bond motifs is 1. The third-order valence-electron chi connectivity index (χ3n) is 3.86. The molecule has 0 aromatic heterocycles. The van der Waals surface area contributed by atoms with Crippen molar-refractivity contribution in [3.63, 3.8) is 0 Å². The Kier molecular flexibility index (Phi) is 2.25. The maximum absolute atomic E-state index is 4.16. The van der Waals surface area contributed by atoms with Crippen LogP contribution >= 0.6 is 0 Å². The molecule has 0 aromatic rings. The predicted molar refractivity (Wildman–Crippen MR) is 53.0 cm³/mol. The van der Waals surface area contributed by atoms with E-state index in [0.717, 1.165) is 17.8 Å². The molecule has 0 radical (unpaired) electrons. The van der Waals surface area contributed by atoms with Gasteiger partial charge < -0.3 is 0 Å². The van der Waals surface area contributed by atoms with Crippen molar-refractivity contribution < 1.29 is 0 Å². The van der Waals surface area contributed by atoms with E-state index in [1.54, 1.807) is 0 Å². The van der Waals surface area contributed by atoms with Gasteiger partial charge in [0.15, 0.2) is 0 Å². The molecule has 0 nitrogen and oxygen atoms in total. The van der Waals surface area contributed by atoms with Crippen LogP contribution in [0.25, 0.3) is 0 Å². The van der Waals surface area contributed by atoms with Gasteiger partial charge in [-0.1, -0.05) is 31.9 Å². The minimum absolute atomic E-state index is 0.927. The molecule has 3 atom stereocenters. The lowest BCUT2D eigenvalue weighted by molar-refractivity contribution is 0.143.